The summed E-state index contributed by atoms with van der Waals surface area (Å²) in [5, 5.41) is 20.4. The Kier molecular flexibility index (Phi) is 3.35. The van der Waals surface area contributed by atoms with Gasteiger partial charge >= 0.3 is 0 Å². The molecule has 0 saturated heterocycles. The van der Waals surface area contributed by atoms with Crippen molar-refractivity contribution in [2.24, 2.45) is 0 Å². The van der Waals surface area contributed by atoms with Gasteiger partial charge in [0.15, 0.2) is 6.33 Å². The van der Waals surface area contributed by atoms with Crippen molar-refractivity contribution in [3.8, 4) is 0 Å². The van der Waals surface area contributed by atoms with Crippen molar-refractivity contribution in [3.05, 3.63) is 45.5 Å². The van der Waals surface area contributed by atoms with Gasteiger partial charge in [0.05, 0.1) is 41.2 Å². The van der Waals surface area contributed by atoms with Gasteiger partial charge < -0.3 is 0 Å². The topological polar surface area (TPSA) is 126 Å². The zero-order valence-corrected chi connectivity index (χ0v) is 14.4. The van der Waals surface area contributed by atoms with Crippen LogP contribution >= 0.6 is 0 Å². The van der Waals surface area contributed by atoms with E-state index in [1.54, 1.807) is 12.1 Å². The highest BCUT2D eigenvalue weighted by atomic mass is 16.1. The van der Waals surface area contributed by atoms with Crippen LogP contribution in [0.15, 0.2) is 34.4 Å². The summed E-state index contributed by atoms with van der Waals surface area (Å²) in [5.41, 5.74) is 0.442. The summed E-state index contributed by atoms with van der Waals surface area (Å²) < 4.78 is 2.93. The number of nitrogens with zero attached hydrogens (tertiary/aromatic N) is 9. The summed E-state index contributed by atoms with van der Waals surface area (Å²) in [7, 11) is 0. The summed E-state index contributed by atoms with van der Waals surface area (Å²) in [6.45, 7) is 2.25. The predicted molar refractivity (Wildman–Crippen MR) is 94.2 cm³/mol. The van der Waals surface area contributed by atoms with Gasteiger partial charge in [-0.15, -0.1) is 15.3 Å². The zero-order valence-electron chi connectivity index (χ0n) is 14.4. The average Bonchev–Trinajstić information content (AvgIpc) is 3.38. The molecule has 27 heavy (non-hydrogen) atoms. The van der Waals surface area contributed by atoms with Gasteiger partial charge in [-0.2, -0.15) is 4.80 Å². The van der Waals surface area contributed by atoms with Crippen LogP contribution in [-0.4, -0.2) is 44.8 Å². The average molecular weight is 365 g/mol. The molecule has 11 nitrogen and oxygen atoms in total. The molecule has 1 atom stereocenters. The van der Waals surface area contributed by atoms with E-state index in [1.165, 1.54) is 26.7 Å². The normalized spacial score (nSPS) is 15.4. The Hall–Kier alpha value is -3.50. The molecule has 0 spiro atoms. The van der Waals surface area contributed by atoms with Crippen molar-refractivity contribution in [2.45, 2.75) is 38.4 Å². The first kappa shape index (κ1) is 15.7. The van der Waals surface area contributed by atoms with E-state index in [-0.39, 0.29) is 23.2 Å². The molecule has 1 aromatic carbocycles. The van der Waals surface area contributed by atoms with Crippen LogP contribution in [-0.2, 0) is 6.54 Å². The lowest BCUT2D eigenvalue weighted by atomic mass is 10.1. The maximum atomic E-state index is 12.9. The van der Waals surface area contributed by atoms with Gasteiger partial charge in [-0.3, -0.25) is 14.2 Å². The molecular formula is C16H15N9O2. The number of tetrazole rings is 1. The van der Waals surface area contributed by atoms with E-state index in [4.69, 9.17) is 0 Å². The third-order valence-electron chi connectivity index (χ3n) is 4.77. The summed E-state index contributed by atoms with van der Waals surface area (Å²) in [6, 6.07) is 3.11. The minimum absolute atomic E-state index is 0.136. The SMILES string of the molecule is C[C@H](Cn1ncnn1)n1cnc2cc3c(=O)n(C4CC4)nnc3cc2c1=O. The number of aromatic nitrogens is 9. The summed E-state index contributed by atoms with van der Waals surface area (Å²) in [6.07, 6.45) is 4.70. The van der Waals surface area contributed by atoms with Crippen LogP contribution in [0.2, 0.25) is 0 Å². The van der Waals surface area contributed by atoms with Crippen molar-refractivity contribution in [2.75, 3.05) is 0 Å². The third-order valence-corrected chi connectivity index (χ3v) is 4.77. The van der Waals surface area contributed by atoms with Gasteiger partial charge in [0.2, 0.25) is 0 Å². The number of rotatable bonds is 4. The van der Waals surface area contributed by atoms with E-state index in [9.17, 15) is 9.59 Å². The predicted octanol–water partition coefficient (Wildman–Crippen LogP) is 0.0840. The fourth-order valence-electron chi connectivity index (χ4n) is 3.15. The molecule has 1 aliphatic rings. The molecular weight excluding hydrogens is 350 g/mol. The van der Waals surface area contributed by atoms with Gasteiger partial charge in [0, 0.05) is 0 Å². The molecule has 1 aliphatic carbocycles. The van der Waals surface area contributed by atoms with Crippen molar-refractivity contribution < 1.29 is 0 Å². The molecule has 136 valence electrons. The minimum Gasteiger partial charge on any atom is -0.294 e. The molecule has 0 amide bonds. The van der Waals surface area contributed by atoms with Gasteiger partial charge in [0.25, 0.3) is 11.1 Å². The van der Waals surface area contributed by atoms with Crippen LogP contribution in [0.5, 0.6) is 0 Å². The summed E-state index contributed by atoms with van der Waals surface area (Å²) in [5.74, 6) is 0. The second kappa shape index (κ2) is 5.76. The molecule has 5 rings (SSSR count). The maximum Gasteiger partial charge on any atom is 0.277 e. The van der Waals surface area contributed by atoms with Crippen LogP contribution in [0.1, 0.15) is 31.8 Å². The number of hydrogen-bond acceptors (Lipinski definition) is 8. The van der Waals surface area contributed by atoms with Gasteiger partial charge in [-0.05, 0) is 37.1 Å². The molecule has 0 radical (unpaired) electrons. The van der Waals surface area contributed by atoms with Gasteiger partial charge in [-0.1, -0.05) is 5.21 Å². The standard InChI is InChI=1S/C16H15N9O2/c1-9(6-24-19-7-18-21-24)23-8-17-13-4-12-14(5-11(13)15(23)26)20-22-25(16(12)27)10-2-3-10/h4-5,7-10H,2-3,6H2,1H3/t9-/m1/s1. The zero-order chi connectivity index (χ0) is 18.5. The molecule has 0 unspecified atom stereocenters. The lowest BCUT2D eigenvalue weighted by Crippen LogP contribution is -2.27. The molecule has 11 heteroatoms. The third kappa shape index (κ3) is 2.58. The Balaban J connectivity index is 1.63. The number of benzene rings is 1. The number of hydrogen-bond donors (Lipinski definition) is 0. The molecule has 4 aromatic rings. The van der Waals surface area contributed by atoms with Crippen molar-refractivity contribution in [3.63, 3.8) is 0 Å². The van der Waals surface area contributed by atoms with E-state index in [1.807, 2.05) is 6.92 Å². The molecule has 1 saturated carbocycles. The highest BCUT2D eigenvalue weighted by molar-refractivity contribution is 5.93. The maximum absolute atomic E-state index is 12.9. The van der Waals surface area contributed by atoms with Crippen LogP contribution in [0, 0.1) is 0 Å². The fourth-order valence-corrected chi connectivity index (χ4v) is 3.15. The molecule has 1 fully saturated rings. The summed E-state index contributed by atoms with van der Waals surface area (Å²) in [4.78, 5) is 31.3. The van der Waals surface area contributed by atoms with Crippen LogP contribution < -0.4 is 11.1 Å². The Bertz CT molecular complexity index is 1270. The molecule has 0 N–H and O–H groups in total. The van der Waals surface area contributed by atoms with Gasteiger partial charge in [-0.25, -0.2) is 9.67 Å². The summed E-state index contributed by atoms with van der Waals surface area (Å²) >= 11 is 0. The highest BCUT2D eigenvalue weighted by Gasteiger charge is 2.27. The first-order valence-corrected chi connectivity index (χ1v) is 8.62. The molecule has 0 bridgehead atoms. The Labute approximate surface area is 151 Å². The minimum atomic E-state index is -0.228. The second-order valence-corrected chi connectivity index (χ2v) is 6.75. The van der Waals surface area contributed by atoms with Gasteiger partial charge in [0.1, 0.15) is 5.52 Å². The van der Waals surface area contributed by atoms with Crippen LogP contribution in [0.25, 0.3) is 21.8 Å². The van der Waals surface area contributed by atoms with Crippen molar-refractivity contribution in [1.29, 1.82) is 0 Å². The molecule has 3 aromatic heterocycles. The van der Waals surface area contributed by atoms with Crippen LogP contribution in [0.3, 0.4) is 0 Å². The lowest BCUT2D eigenvalue weighted by Gasteiger charge is -2.14. The van der Waals surface area contributed by atoms with E-state index < -0.39 is 0 Å². The quantitative estimate of drug-likeness (QED) is 0.466. The van der Waals surface area contributed by atoms with E-state index >= 15 is 0 Å². The monoisotopic (exact) mass is 365 g/mol. The van der Waals surface area contributed by atoms with Crippen molar-refractivity contribution >= 4 is 21.8 Å². The largest absolute Gasteiger partial charge is 0.294 e. The second-order valence-electron chi connectivity index (χ2n) is 6.75. The Morgan fingerprint density at radius 1 is 1.11 bits per heavy atom. The fraction of sp³-hybridized carbons (Fsp3) is 0.375. The van der Waals surface area contributed by atoms with Crippen molar-refractivity contribution in [1.82, 2.24) is 44.8 Å². The Morgan fingerprint density at radius 3 is 2.63 bits per heavy atom. The molecule has 0 aliphatic heterocycles. The smallest absolute Gasteiger partial charge is 0.277 e. The number of fused-ring (bicyclic) bond motifs is 2. The highest BCUT2D eigenvalue weighted by Crippen LogP contribution is 2.32. The molecule has 3 heterocycles. The van der Waals surface area contributed by atoms with E-state index in [2.05, 4.69) is 30.7 Å². The van der Waals surface area contributed by atoms with E-state index in [0.29, 0.717) is 28.4 Å². The lowest BCUT2D eigenvalue weighted by molar-refractivity contribution is 0.389. The first-order chi connectivity index (χ1) is 13.1. The first-order valence-electron chi connectivity index (χ1n) is 8.62. The van der Waals surface area contributed by atoms with E-state index in [0.717, 1.165) is 12.8 Å². The Morgan fingerprint density at radius 2 is 1.89 bits per heavy atom. The van der Waals surface area contributed by atoms with Crippen LogP contribution in [0.4, 0.5) is 0 Å².